The molecule has 0 fully saturated rings. The molecule has 2 atom stereocenters. The summed E-state index contributed by atoms with van der Waals surface area (Å²) in [5.41, 5.74) is 2.43. The molecule has 18 heavy (non-hydrogen) atoms. The van der Waals surface area contributed by atoms with Crippen molar-refractivity contribution in [2.75, 3.05) is 0 Å². The van der Waals surface area contributed by atoms with Crippen LogP contribution in [0.25, 0.3) is 0 Å². The molecule has 0 aliphatic heterocycles. The summed E-state index contributed by atoms with van der Waals surface area (Å²) in [6, 6.07) is 17.3. The summed E-state index contributed by atoms with van der Waals surface area (Å²) >= 11 is 0. The van der Waals surface area contributed by atoms with Gasteiger partial charge >= 0.3 is 0 Å². The average Bonchev–Trinajstić information content (AvgIpc) is 2.46. The number of nitrogens with one attached hydrogen (secondary N) is 1. The summed E-state index contributed by atoms with van der Waals surface area (Å²) in [5.74, 6) is 0. The smallest absolute Gasteiger partial charge is 0.0570 e. The highest BCUT2D eigenvalue weighted by molar-refractivity contribution is 5.19. The molecule has 1 aromatic carbocycles. The van der Waals surface area contributed by atoms with E-state index in [1.807, 2.05) is 18.3 Å². The topological polar surface area (TPSA) is 24.9 Å². The molecular weight excluding hydrogens is 220 g/mol. The molecule has 2 aromatic rings. The van der Waals surface area contributed by atoms with Crippen molar-refractivity contribution in [3.05, 3.63) is 66.0 Å². The lowest BCUT2D eigenvalue weighted by molar-refractivity contribution is 0.450. The van der Waals surface area contributed by atoms with Gasteiger partial charge in [0.25, 0.3) is 0 Å². The first-order chi connectivity index (χ1) is 8.81. The largest absolute Gasteiger partial charge is 0.302 e. The molecule has 0 bridgehead atoms. The molecule has 1 unspecified atom stereocenters. The minimum absolute atomic E-state index is 0.261. The lowest BCUT2D eigenvalue weighted by Crippen LogP contribution is -2.24. The van der Waals surface area contributed by atoms with Crippen LogP contribution in [-0.4, -0.2) is 4.98 Å². The molecule has 2 heteroatoms. The van der Waals surface area contributed by atoms with E-state index < -0.39 is 0 Å². The van der Waals surface area contributed by atoms with E-state index in [1.54, 1.807) is 0 Å². The summed E-state index contributed by atoms with van der Waals surface area (Å²) < 4.78 is 0. The number of hydrogen-bond donors (Lipinski definition) is 1. The standard InChI is InChI=1S/C16H20N2/c1-3-15(14-9-5-4-6-10-14)18-13(2)16-11-7-8-12-17-16/h4-13,15,18H,3H2,1-2H3/t13-,15?/m0/s1. The first kappa shape index (κ1) is 12.8. The van der Waals surface area contributed by atoms with Crippen molar-refractivity contribution in [3.63, 3.8) is 0 Å². The van der Waals surface area contributed by atoms with Gasteiger partial charge in [-0.25, -0.2) is 0 Å². The van der Waals surface area contributed by atoms with Crippen LogP contribution in [0.5, 0.6) is 0 Å². The van der Waals surface area contributed by atoms with Gasteiger partial charge in [0.1, 0.15) is 0 Å². The molecule has 0 saturated heterocycles. The minimum Gasteiger partial charge on any atom is -0.302 e. The Morgan fingerprint density at radius 2 is 1.78 bits per heavy atom. The third-order valence-electron chi connectivity index (χ3n) is 3.19. The Morgan fingerprint density at radius 1 is 1.06 bits per heavy atom. The zero-order valence-corrected chi connectivity index (χ0v) is 11.0. The van der Waals surface area contributed by atoms with E-state index in [0.29, 0.717) is 6.04 Å². The van der Waals surface area contributed by atoms with Gasteiger partial charge in [0, 0.05) is 18.3 Å². The first-order valence-electron chi connectivity index (χ1n) is 6.53. The SMILES string of the molecule is CCC(N[C@@H](C)c1ccccn1)c1ccccc1. The average molecular weight is 240 g/mol. The van der Waals surface area contributed by atoms with Crippen LogP contribution in [0.3, 0.4) is 0 Å². The number of rotatable bonds is 5. The number of pyridine rings is 1. The summed E-state index contributed by atoms with van der Waals surface area (Å²) in [6.45, 7) is 4.36. The van der Waals surface area contributed by atoms with Crippen LogP contribution < -0.4 is 5.32 Å². The van der Waals surface area contributed by atoms with Crippen molar-refractivity contribution < 1.29 is 0 Å². The molecule has 94 valence electrons. The van der Waals surface area contributed by atoms with Gasteiger partial charge in [-0.05, 0) is 31.0 Å². The Morgan fingerprint density at radius 3 is 2.39 bits per heavy atom. The first-order valence-corrected chi connectivity index (χ1v) is 6.53. The van der Waals surface area contributed by atoms with E-state index >= 15 is 0 Å². The van der Waals surface area contributed by atoms with Gasteiger partial charge in [0.05, 0.1) is 5.69 Å². The van der Waals surface area contributed by atoms with Crippen LogP contribution in [0.1, 0.15) is 43.6 Å². The second-order valence-corrected chi connectivity index (χ2v) is 4.51. The van der Waals surface area contributed by atoms with Crippen LogP contribution in [0.2, 0.25) is 0 Å². The quantitative estimate of drug-likeness (QED) is 0.857. The van der Waals surface area contributed by atoms with Crippen molar-refractivity contribution >= 4 is 0 Å². The Balaban J connectivity index is 2.07. The van der Waals surface area contributed by atoms with Gasteiger partial charge in [-0.2, -0.15) is 0 Å². The molecule has 1 heterocycles. The molecule has 0 radical (unpaired) electrons. The summed E-state index contributed by atoms with van der Waals surface area (Å²) in [5, 5.41) is 3.64. The summed E-state index contributed by atoms with van der Waals surface area (Å²) in [6.07, 6.45) is 2.91. The highest BCUT2D eigenvalue weighted by atomic mass is 15.0. The van der Waals surface area contributed by atoms with E-state index in [4.69, 9.17) is 0 Å². The monoisotopic (exact) mass is 240 g/mol. The van der Waals surface area contributed by atoms with E-state index in [2.05, 4.69) is 60.5 Å². The molecular formula is C16H20N2. The van der Waals surface area contributed by atoms with E-state index in [9.17, 15) is 0 Å². The Labute approximate surface area is 109 Å². The van der Waals surface area contributed by atoms with Gasteiger partial charge in [-0.1, -0.05) is 43.3 Å². The van der Waals surface area contributed by atoms with Crippen molar-refractivity contribution in [1.82, 2.24) is 10.3 Å². The third-order valence-corrected chi connectivity index (χ3v) is 3.19. The van der Waals surface area contributed by atoms with Crippen LogP contribution >= 0.6 is 0 Å². The normalized spacial score (nSPS) is 14.1. The Hall–Kier alpha value is -1.67. The Bertz CT molecular complexity index is 453. The fourth-order valence-corrected chi connectivity index (χ4v) is 2.15. The van der Waals surface area contributed by atoms with Gasteiger partial charge < -0.3 is 5.32 Å². The van der Waals surface area contributed by atoms with Crippen molar-refractivity contribution in [2.24, 2.45) is 0 Å². The summed E-state index contributed by atoms with van der Waals surface area (Å²) in [4.78, 5) is 4.40. The van der Waals surface area contributed by atoms with Crippen molar-refractivity contribution in [2.45, 2.75) is 32.4 Å². The zero-order chi connectivity index (χ0) is 12.8. The van der Waals surface area contributed by atoms with Crippen molar-refractivity contribution in [1.29, 1.82) is 0 Å². The lowest BCUT2D eigenvalue weighted by Gasteiger charge is -2.22. The Kier molecular flexibility index (Phi) is 4.48. The van der Waals surface area contributed by atoms with Crippen LogP contribution in [0, 0.1) is 0 Å². The van der Waals surface area contributed by atoms with Crippen LogP contribution in [0.4, 0.5) is 0 Å². The molecule has 0 spiro atoms. The molecule has 0 aliphatic carbocycles. The number of aromatic nitrogens is 1. The van der Waals surface area contributed by atoms with E-state index in [-0.39, 0.29) is 6.04 Å². The third kappa shape index (κ3) is 3.17. The van der Waals surface area contributed by atoms with Gasteiger partial charge in [-0.15, -0.1) is 0 Å². The highest BCUT2D eigenvalue weighted by Crippen LogP contribution is 2.20. The predicted octanol–water partition coefficient (Wildman–Crippen LogP) is 3.88. The second-order valence-electron chi connectivity index (χ2n) is 4.51. The molecule has 0 amide bonds. The maximum atomic E-state index is 4.40. The number of nitrogens with zero attached hydrogens (tertiary/aromatic N) is 1. The molecule has 2 nitrogen and oxygen atoms in total. The van der Waals surface area contributed by atoms with Crippen molar-refractivity contribution in [3.8, 4) is 0 Å². The highest BCUT2D eigenvalue weighted by Gasteiger charge is 2.13. The van der Waals surface area contributed by atoms with Gasteiger partial charge in [0.2, 0.25) is 0 Å². The molecule has 0 aliphatic rings. The van der Waals surface area contributed by atoms with Gasteiger partial charge in [0.15, 0.2) is 0 Å². The van der Waals surface area contributed by atoms with Crippen LogP contribution in [0.15, 0.2) is 54.7 Å². The zero-order valence-electron chi connectivity index (χ0n) is 11.0. The van der Waals surface area contributed by atoms with Crippen LogP contribution in [-0.2, 0) is 0 Å². The molecule has 1 aromatic heterocycles. The maximum Gasteiger partial charge on any atom is 0.0570 e. The fraction of sp³-hybridized carbons (Fsp3) is 0.312. The summed E-state index contributed by atoms with van der Waals surface area (Å²) in [7, 11) is 0. The number of benzene rings is 1. The fourth-order valence-electron chi connectivity index (χ4n) is 2.15. The molecule has 0 saturated carbocycles. The minimum atomic E-state index is 0.261. The second kappa shape index (κ2) is 6.31. The maximum absolute atomic E-state index is 4.40. The van der Waals surface area contributed by atoms with Gasteiger partial charge in [-0.3, -0.25) is 4.98 Å². The molecule has 2 rings (SSSR count). The lowest BCUT2D eigenvalue weighted by atomic mass is 10.0. The predicted molar refractivity (Wildman–Crippen MR) is 75.3 cm³/mol. The molecule has 1 N–H and O–H groups in total. The van der Waals surface area contributed by atoms with E-state index in [0.717, 1.165) is 12.1 Å². The number of hydrogen-bond acceptors (Lipinski definition) is 2. The van der Waals surface area contributed by atoms with E-state index in [1.165, 1.54) is 5.56 Å².